The van der Waals surface area contributed by atoms with Crippen LogP contribution in [0, 0.1) is 5.41 Å². The SMILES string of the molecule is CON(CC(C)(C)C)C(=O)c1cc(Br)ccc1N. The fourth-order valence-corrected chi connectivity index (χ4v) is 1.86. The second-order valence-electron chi connectivity index (χ2n) is 5.32. The Morgan fingerprint density at radius 2 is 2.06 bits per heavy atom. The molecule has 0 aliphatic carbocycles. The molecule has 1 amide bonds. The van der Waals surface area contributed by atoms with Crippen LogP contribution < -0.4 is 5.73 Å². The molecule has 0 atom stereocenters. The van der Waals surface area contributed by atoms with Gasteiger partial charge in [0.1, 0.15) is 0 Å². The second kappa shape index (κ2) is 5.71. The minimum Gasteiger partial charge on any atom is -0.398 e. The van der Waals surface area contributed by atoms with Gasteiger partial charge in [0.2, 0.25) is 0 Å². The van der Waals surface area contributed by atoms with Gasteiger partial charge in [-0.3, -0.25) is 9.63 Å². The first-order valence-corrected chi connectivity index (χ1v) is 6.45. The first-order valence-electron chi connectivity index (χ1n) is 5.65. The van der Waals surface area contributed by atoms with E-state index in [0.717, 1.165) is 4.47 Å². The van der Waals surface area contributed by atoms with Gasteiger partial charge in [-0.1, -0.05) is 36.7 Å². The van der Waals surface area contributed by atoms with Crippen molar-refractivity contribution in [2.45, 2.75) is 20.8 Å². The first kappa shape index (κ1) is 15.0. The summed E-state index contributed by atoms with van der Waals surface area (Å²) in [6.45, 7) is 6.61. The van der Waals surface area contributed by atoms with Gasteiger partial charge in [0.25, 0.3) is 5.91 Å². The van der Waals surface area contributed by atoms with E-state index in [1.54, 1.807) is 18.2 Å². The number of hydroxylamine groups is 2. The third kappa shape index (κ3) is 3.99. The molecule has 0 fully saturated rings. The smallest absolute Gasteiger partial charge is 0.279 e. The highest BCUT2D eigenvalue weighted by molar-refractivity contribution is 9.10. The molecule has 100 valence electrons. The predicted molar refractivity (Wildman–Crippen MR) is 76.1 cm³/mol. The topological polar surface area (TPSA) is 55.6 Å². The van der Waals surface area contributed by atoms with Crippen LogP contribution in [0.5, 0.6) is 0 Å². The van der Waals surface area contributed by atoms with Crippen molar-refractivity contribution in [1.82, 2.24) is 5.06 Å². The zero-order chi connectivity index (χ0) is 13.9. The quantitative estimate of drug-likeness (QED) is 0.689. The summed E-state index contributed by atoms with van der Waals surface area (Å²) in [6, 6.07) is 5.20. The van der Waals surface area contributed by atoms with Crippen LogP contribution >= 0.6 is 15.9 Å². The molecule has 2 N–H and O–H groups in total. The normalized spacial score (nSPS) is 11.4. The van der Waals surface area contributed by atoms with Gasteiger partial charge in [-0.05, 0) is 23.6 Å². The molecule has 0 unspecified atom stereocenters. The van der Waals surface area contributed by atoms with E-state index in [-0.39, 0.29) is 11.3 Å². The van der Waals surface area contributed by atoms with Crippen molar-refractivity contribution < 1.29 is 9.63 Å². The number of nitrogens with two attached hydrogens (primary N) is 1. The van der Waals surface area contributed by atoms with Gasteiger partial charge >= 0.3 is 0 Å². The van der Waals surface area contributed by atoms with E-state index in [9.17, 15) is 4.79 Å². The van der Waals surface area contributed by atoms with Crippen LogP contribution in [0.25, 0.3) is 0 Å². The van der Waals surface area contributed by atoms with Crippen molar-refractivity contribution in [1.29, 1.82) is 0 Å². The van der Waals surface area contributed by atoms with Gasteiger partial charge in [0, 0.05) is 10.2 Å². The molecule has 1 aromatic carbocycles. The molecule has 4 nitrogen and oxygen atoms in total. The number of hydrogen-bond donors (Lipinski definition) is 1. The van der Waals surface area contributed by atoms with E-state index >= 15 is 0 Å². The van der Waals surface area contributed by atoms with Crippen molar-refractivity contribution >= 4 is 27.5 Å². The molecule has 5 heteroatoms. The summed E-state index contributed by atoms with van der Waals surface area (Å²) in [5.74, 6) is -0.230. The lowest BCUT2D eigenvalue weighted by atomic mass is 9.96. The Morgan fingerprint density at radius 3 is 2.56 bits per heavy atom. The van der Waals surface area contributed by atoms with Crippen molar-refractivity contribution in [2.75, 3.05) is 19.4 Å². The Balaban J connectivity index is 3.00. The van der Waals surface area contributed by atoms with E-state index in [1.807, 2.05) is 20.8 Å². The van der Waals surface area contributed by atoms with Crippen LogP contribution in [-0.2, 0) is 4.84 Å². The molecule has 0 radical (unpaired) electrons. The summed E-state index contributed by atoms with van der Waals surface area (Å²) in [5.41, 5.74) is 6.66. The molecule has 0 spiro atoms. The van der Waals surface area contributed by atoms with Gasteiger partial charge in [-0.15, -0.1) is 0 Å². The lowest BCUT2D eigenvalue weighted by molar-refractivity contribution is -0.110. The minimum absolute atomic E-state index is 0.0492. The molecule has 1 rings (SSSR count). The highest BCUT2D eigenvalue weighted by Crippen LogP contribution is 2.22. The van der Waals surface area contributed by atoms with E-state index in [2.05, 4.69) is 15.9 Å². The van der Waals surface area contributed by atoms with Gasteiger partial charge < -0.3 is 5.73 Å². The lowest BCUT2D eigenvalue weighted by Crippen LogP contribution is -2.37. The summed E-state index contributed by atoms with van der Waals surface area (Å²) in [5, 5.41) is 1.33. The summed E-state index contributed by atoms with van der Waals surface area (Å²) >= 11 is 3.33. The highest BCUT2D eigenvalue weighted by Gasteiger charge is 2.23. The van der Waals surface area contributed by atoms with Gasteiger partial charge in [-0.2, -0.15) is 0 Å². The maximum atomic E-state index is 12.3. The van der Waals surface area contributed by atoms with E-state index in [0.29, 0.717) is 17.8 Å². The zero-order valence-corrected chi connectivity index (χ0v) is 12.7. The number of rotatable bonds is 3. The number of benzene rings is 1. The van der Waals surface area contributed by atoms with Crippen LogP contribution in [0.15, 0.2) is 22.7 Å². The molecule has 1 aromatic rings. The Bertz CT molecular complexity index is 441. The van der Waals surface area contributed by atoms with Crippen molar-refractivity contribution in [3.8, 4) is 0 Å². The Kier molecular flexibility index (Phi) is 4.76. The van der Waals surface area contributed by atoms with E-state index < -0.39 is 0 Å². The number of amides is 1. The number of carbonyl (C=O) groups excluding carboxylic acids is 1. The molecular formula is C13H19BrN2O2. The van der Waals surface area contributed by atoms with Gasteiger partial charge in [0.15, 0.2) is 0 Å². The molecular weight excluding hydrogens is 296 g/mol. The number of nitrogen functional groups attached to an aromatic ring is 1. The maximum Gasteiger partial charge on any atom is 0.279 e. The molecule has 0 saturated heterocycles. The summed E-state index contributed by atoms with van der Waals surface area (Å²) < 4.78 is 0.812. The Labute approximate surface area is 116 Å². The summed E-state index contributed by atoms with van der Waals surface area (Å²) in [7, 11) is 1.48. The zero-order valence-electron chi connectivity index (χ0n) is 11.2. The molecule has 0 aliphatic rings. The minimum atomic E-state index is -0.230. The van der Waals surface area contributed by atoms with Crippen molar-refractivity contribution in [3.63, 3.8) is 0 Å². The fraction of sp³-hybridized carbons (Fsp3) is 0.462. The van der Waals surface area contributed by atoms with Gasteiger partial charge in [-0.25, -0.2) is 5.06 Å². The standard InChI is InChI=1S/C13H19BrN2O2/c1-13(2,3)8-16(18-4)12(17)10-7-9(14)5-6-11(10)15/h5-7H,8,15H2,1-4H3. The van der Waals surface area contributed by atoms with Crippen LogP contribution in [-0.4, -0.2) is 24.6 Å². The van der Waals surface area contributed by atoms with Crippen molar-refractivity contribution in [3.05, 3.63) is 28.2 Å². The first-order chi connectivity index (χ1) is 8.24. The van der Waals surface area contributed by atoms with E-state index in [4.69, 9.17) is 10.6 Å². The van der Waals surface area contributed by atoms with Crippen molar-refractivity contribution in [2.24, 2.45) is 5.41 Å². The predicted octanol–water partition coefficient (Wildman–Crippen LogP) is 3.08. The van der Waals surface area contributed by atoms with Crippen LogP contribution in [0.1, 0.15) is 31.1 Å². The largest absolute Gasteiger partial charge is 0.398 e. The lowest BCUT2D eigenvalue weighted by Gasteiger charge is -2.28. The number of hydrogen-bond acceptors (Lipinski definition) is 3. The average Bonchev–Trinajstić information content (AvgIpc) is 2.27. The summed E-state index contributed by atoms with van der Waals surface area (Å²) in [6.07, 6.45) is 0. The van der Waals surface area contributed by atoms with Gasteiger partial charge in [0.05, 0.1) is 19.2 Å². The summed E-state index contributed by atoms with van der Waals surface area (Å²) in [4.78, 5) is 17.5. The number of halogens is 1. The Hall–Kier alpha value is -1.07. The maximum absolute atomic E-state index is 12.3. The van der Waals surface area contributed by atoms with Crippen LogP contribution in [0.3, 0.4) is 0 Å². The molecule has 0 bridgehead atoms. The fourth-order valence-electron chi connectivity index (χ4n) is 1.50. The molecule has 0 saturated carbocycles. The number of nitrogens with zero attached hydrogens (tertiary/aromatic N) is 1. The van der Waals surface area contributed by atoms with Crippen LogP contribution in [0.2, 0.25) is 0 Å². The monoisotopic (exact) mass is 314 g/mol. The average molecular weight is 315 g/mol. The number of carbonyl (C=O) groups is 1. The van der Waals surface area contributed by atoms with E-state index in [1.165, 1.54) is 12.2 Å². The third-order valence-electron chi connectivity index (χ3n) is 2.31. The molecule has 0 heterocycles. The molecule has 0 aromatic heterocycles. The highest BCUT2D eigenvalue weighted by atomic mass is 79.9. The second-order valence-corrected chi connectivity index (χ2v) is 6.23. The molecule has 0 aliphatic heterocycles. The van der Waals surface area contributed by atoms with Crippen LogP contribution in [0.4, 0.5) is 5.69 Å². The number of anilines is 1. The Morgan fingerprint density at radius 1 is 1.44 bits per heavy atom. The third-order valence-corrected chi connectivity index (χ3v) is 2.80. The molecule has 18 heavy (non-hydrogen) atoms.